The minimum absolute atomic E-state index is 0.212. The molecule has 1 heterocycles. The summed E-state index contributed by atoms with van der Waals surface area (Å²) in [7, 11) is -1.51. The fourth-order valence-corrected chi connectivity index (χ4v) is 5.31. The van der Waals surface area contributed by atoms with Gasteiger partial charge >= 0.3 is 0 Å². The molecule has 2 aromatic carbocycles. The molecule has 3 rings (SSSR count). The predicted octanol–water partition coefficient (Wildman–Crippen LogP) is 1.72. The van der Waals surface area contributed by atoms with E-state index in [4.69, 9.17) is 5.84 Å². The minimum atomic E-state index is -3.52. The number of likely N-dealkylation sites (tertiary alicyclic amines) is 1. The lowest BCUT2D eigenvalue weighted by Gasteiger charge is -2.34. The fourth-order valence-electron chi connectivity index (χ4n) is 3.40. The van der Waals surface area contributed by atoms with Gasteiger partial charge in [0.15, 0.2) is 0 Å². The maximum atomic E-state index is 13.4. The summed E-state index contributed by atoms with van der Waals surface area (Å²) < 4.78 is 28.4. The van der Waals surface area contributed by atoms with Crippen molar-refractivity contribution in [2.45, 2.75) is 24.6 Å². The van der Waals surface area contributed by atoms with E-state index >= 15 is 0 Å². The van der Waals surface area contributed by atoms with Gasteiger partial charge in [0.05, 0.1) is 17.5 Å². The number of carbonyl (C=O) groups is 1. The molecule has 28 heavy (non-hydrogen) atoms. The van der Waals surface area contributed by atoms with Crippen LogP contribution in [0.4, 0.5) is 5.69 Å². The van der Waals surface area contributed by atoms with Gasteiger partial charge in [-0.05, 0) is 62.8 Å². The molecule has 0 saturated carbocycles. The van der Waals surface area contributed by atoms with Gasteiger partial charge in [-0.3, -0.25) is 14.5 Å². The SMILES string of the molecule is CN1CCC(S(=O)(=O)N(Cc2ccc(C(=O)NN)cc2)c2ccccc2)CC1. The van der Waals surface area contributed by atoms with E-state index in [0.717, 1.165) is 18.7 Å². The van der Waals surface area contributed by atoms with E-state index in [1.54, 1.807) is 24.3 Å². The molecule has 0 unspecified atom stereocenters. The Labute approximate surface area is 166 Å². The topological polar surface area (TPSA) is 95.7 Å². The van der Waals surface area contributed by atoms with Crippen LogP contribution in [-0.2, 0) is 16.6 Å². The molecule has 1 saturated heterocycles. The molecule has 0 spiro atoms. The predicted molar refractivity (Wildman–Crippen MR) is 110 cm³/mol. The average molecular weight is 403 g/mol. The van der Waals surface area contributed by atoms with E-state index in [1.165, 1.54) is 4.31 Å². The Morgan fingerprint density at radius 2 is 1.71 bits per heavy atom. The number of anilines is 1. The van der Waals surface area contributed by atoms with Crippen LogP contribution < -0.4 is 15.6 Å². The molecule has 1 fully saturated rings. The number of hydrazine groups is 1. The van der Waals surface area contributed by atoms with Gasteiger partial charge in [-0.25, -0.2) is 14.3 Å². The molecule has 2 aromatic rings. The van der Waals surface area contributed by atoms with E-state index in [2.05, 4.69) is 10.3 Å². The first-order valence-electron chi connectivity index (χ1n) is 9.27. The molecule has 150 valence electrons. The van der Waals surface area contributed by atoms with Gasteiger partial charge in [-0.2, -0.15) is 0 Å². The van der Waals surface area contributed by atoms with Gasteiger partial charge in [-0.15, -0.1) is 0 Å². The van der Waals surface area contributed by atoms with Crippen LogP contribution in [0.2, 0.25) is 0 Å². The third-order valence-corrected chi connectivity index (χ3v) is 7.38. The number of rotatable bonds is 6. The number of carbonyl (C=O) groups excluding carboxylic acids is 1. The molecule has 1 aliphatic rings. The Bertz CT molecular complexity index is 893. The summed E-state index contributed by atoms with van der Waals surface area (Å²) in [5, 5.41) is -0.397. The van der Waals surface area contributed by atoms with Gasteiger partial charge in [0.25, 0.3) is 5.91 Å². The molecule has 0 aromatic heterocycles. The largest absolute Gasteiger partial charge is 0.306 e. The zero-order valence-electron chi connectivity index (χ0n) is 15.9. The van der Waals surface area contributed by atoms with Gasteiger partial charge < -0.3 is 4.90 Å². The highest BCUT2D eigenvalue weighted by Gasteiger charge is 2.34. The summed E-state index contributed by atoms with van der Waals surface area (Å²) in [6, 6.07) is 15.9. The van der Waals surface area contributed by atoms with Crippen molar-refractivity contribution in [1.29, 1.82) is 0 Å². The molecule has 7 nitrogen and oxygen atoms in total. The molecule has 0 aliphatic carbocycles. The lowest BCUT2D eigenvalue weighted by atomic mass is 10.1. The van der Waals surface area contributed by atoms with Crippen molar-refractivity contribution in [1.82, 2.24) is 10.3 Å². The molecular weight excluding hydrogens is 376 g/mol. The first kappa shape index (κ1) is 20.3. The second-order valence-corrected chi connectivity index (χ2v) is 9.20. The van der Waals surface area contributed by atoms with Crippen molar-refractivity contribution in [2.24, 2.45) is 5.84 Å². The van der Waals surface area contributed by atoms with Crippen LogP contribution in [0.15, 0.2) is 54.6 Å². The minimum Gasteiger partial charge on any atom is -0.306 e. The Morgan fingerprint density at radius 3 is 2.29 bits per heavy atom. The van der Waals surface area contributed by atoms with Crippen molar-refractivity contribution in [3.63, 3.8) is 0 Å². The summed E-state index contributed by atoms with van der Waals surface area (Å²) in [5.74, 6) is 4.77. The highest BCUT2D eigenvalue weighted by molar-refractivity contribution is 7.93. The van der Waals surface area contributed by atoms with Crippen molar-refractivity contribution in [2.75, 3.05) is 24.4 Å². The Kier molecular flexibility index (Phi) is 6.33. The van der Waals surface area contributed by atoms with Gasteiger partial charge in [-0.1, -0.05) is 30.3 Å². The summed E-state index contributed by atoms with van der Waals surface area (Å²) in [5.41, 5.74) is 3.96. The Balaban J connectivity index is 1.89. The highest BCUT2D eigenvalue weighted by atomic mass is 32.2. The molecule has 0 atom stereocenters. The van der Waals surface area contributed by atoms with Crippen LogP contribution in [-0.4, -0.2) is 44.6 Å². The zero-order valence-corrected chi connectivity index (χ0v) is 16.7. The van der Waals surface area contributed by atoms with Crippen molar-refractivity contribution in [3.8, 4) is 0 Å². The standard InChI is InChI=1S/C20H26N4O3S/c1-23-13-11-19(12-14-23)28(26,27)24(18-5-3-2-4-6-18)15-16-7-9-17(10-8-16)20(25)22-21/h2-10,19H,11-15,21H2,1H3,(H,22,25). The molecule has 8 heteroatoms. The van der Waals surface area contributed by atoms with E-state index in [0.29, 0.717) is 24.1 Å². The quantitative estimate of drug-likeness (QED) is 0.436. The number of benzene rings is 2. The van der Waals surface area contributed by atoms with Gasteiger partial charge in [0.1, 0.15) is 0 Å². The monoisotopic (exact) mass is 402 g/mol. The third kappa shape index (κ3) is 4.52. The van der Waals surface area contributed by atoms with E-state index < -0.39 is 15.3 Å². The zero-order chi connectivity index (χ0) is 20.1. The number of nitrogen functional groups attached to an aromatic ring is 1. The maximum absolute atomic E-state index is 13.4. The molecule has 0 bridgehead atoms. The molecule has 3 N–H and O–H groups in total. The normalized spacial score (nSPS) is 15.9. The van der Waals surface area contributed by atoms with Crippen LogP contribution in [0, 0.1) is 0 Å². The number of nitrogens with one attached hydrogen (secondary N) is 1. The first-order valence-corrected chi connectivity index (χ1v) is 10.8. The fraction of sp³-hybridized carbons (Fsp3) is 0.350. The first-order chi connectivity index (χ1) is 13.4. The summed E-state index contributed by atoms with van der Waals surface area (Å²) in [6.07, 6.45) is 1.25. The van der Waals surface area contributed by atoms with E-state index in [1.807, 2.05) is 37.4 Å². The van der Waals surface area contributed by atoms with Crippen molar-refractivity contribution >= 4 is 21.6 Å². The second kappa shape index (κ2) is 8.72. The molecule has 0 radical (unpaired) electrons. The lowest BCUT2D eigenvalue weighted by Crippen LogP contribution is -2.44. The van der Waals surface area contributed by atoms with Crippen LogP contribution in [0.5, 0.6) is 0 Å². The van der Waals surface area contributed by atoms with E-state index in [-0.39, 0.29) is 12.5 Å². The van der Waals surface area contributed by atoms with Crippen molar-refractivity contribution < 1.29 is 13.2 Å². The molecule has 1 aliphatic heterocycles. The summed E-state index contributed by atoms with van der Waals surface area (Å²) in [6.45, 7) is 1.76. The number of nitrogens with zero attached hydrogens (tertiary/aromatic N) is 2. The number of para-hydroxylation sites is 1. The summed E-state index contributed by atoms with van der Waals surface area (Å²) in [4.78, 5) is 13.8. The lowest BCUT2D eigenvalue weighted by molar-refractivity contribution is 0.0953. The van der Waals surface area contributed by atoms with Crippen LogP contribution in [0.25, 0.3) is 0 Å². The third-order valence-electron chi connectivity index (χ3n) is 5.11. The second-order valence-electron chi connectivity index (χ2n) is 7.06. The number of sulfonamides is 1. The van der Waals surface area contributed by atoms with Crippen molar-refractivity contribution in [3.05, 3.63) is 65.7 Å². The average Bonchev–Trinajstić information content (AvgIpc) is 2.72. The highest BCUT2D eigenvalue weighted by Crippen LogP contribution is 2.27. The smallest absolute Gasteiger partial charge is 0.265 e. The van der Waals surface area contributed by atoms with Crippen LogP contribution in [0.1, 0.15) is 28.8 Å². The molecule has 1 amide bonds. The number of piperidine rings is 1. The number of hydrogen-bond acceptors (Lipinski definition) is 5. The molecular formula is C20H26N4O3S. The maximum Gasteiger partial charge on any atom is 0.265 e. The Hall–Kier alpha value is -2.42. The van der Waals surface area contributed by atoms with E-state index in [9.17, 15) is 13.2 Å². The Morgan fingerprint density at radius 1 is 1.11 bits per heavy atom. The summed E-state index contributed by atoms with van der Waals surface area (Å²) >= 11 is 0. The number of hydrogen-bond donors (Lipinski definition) is 2. The number of amides is 1. The van der Waals surface area contributed by atoms with Gasteiger partial charge in [0.2, 0.25) is 10.0 Å². The number of nitrogens with two attached hydrogens (primary N) is 1. The van der Waals surface area contributed by atoms with Gasteiger partial charge in [0, 0.05) is 5.56 Å². The van der Waals surface area contributed by atoms with Crippen LogP contribution >= 0.6 is 0 Å². The van der Waals surface area contributed by atoms with Crippen LogP contribution in [0.3, 0.4) is 0 Å².